The van der Waals surface area contributed by atoms with Crippen molar-refractivity contribution in [2.24, 2.45) is 0 Å². The van der Waals surface area contributed by atoms with Crippen LogP contribution in [0.4, 0.5) is 5.69 Å². The summed E-state index contributed by atoms with van der Waals surface area (Å²) in [6.07, 6.45) is 3.64. The first kappa shape index (κ1) is 11.5. The van der Waals surface area contributed by atoms with E-state index < -0.39 is 0 Å². The monoisotopic (exact) mass is 274 g/mol. The van der Waals surface area contributed by atoms with Gasteiger partial charge in [-0.2, -0.15) is 11.8 Å². The minimum Gasteiger partial charge on any atom is -0.323 e. The lowest BCUT2D eigenvalue weighted by Crippen LogP contribution is -2.14. The average molecular weight is 275 g/mol. The molecule has 0 radical (unpaired) electrons. The minimum absolute atomic E-state index is 0.00870. The van der Waals surface area contributed by atoms with Crippen LogP contribution in [-0.2, 0) is 4.79 Å². The first-order valence-electron chi connectivity index (χ1n) is 4.04. The molecule has 0 bridgehead atoms. The number of aromatic nitrogens is 1. The number of halogens is 1. The Morgan fingerprint density at radius 1 is 1.71 bits per heavy atom. The SMILES string of the molecule is CSCC(=O)Nc1cc(C)cnc1Br. The summed E-state index contributed by atoms with van der Waals surface area (Å²) in [6.45, 7) is 1.93. The lowest BCUT2D eigenvalue weighted by molar-refractivity contribution is -0.113. The highest BCUT2D eigenvalue weighted by Crippen LogP contribution is 2.20. The molecule has 0 fully saturated rings. The predicted molar refractivity (Wildman–Crippen MR) is 63.7 cm³/mol. The summed E-state index contributed by atoms with van der Waals surface area (Å²) in [5.41, 5.74) is 1.75. The Bertz CT molecular complexity index is 344. The molecule has 1 aromatic rings. The van der Waals surface area contributed by atoms with Gasteiger partial charge in [-0.3, -0.25) is 4.79 Å². The summed E-state index contributed by atoms with van der Waals surface area (Å²) in [6, 6.07) is 1.88. The van der Waals surface area contributed by atoms with Gasteiger partial charge in [0, 0.05) is 6.20 Å². The van der Waals surface area contributed by atoms with E-state index >= 15 is 0 Å². The van der Waals surface area contributed by atoms with Crippen LogP contribution in [-0.4, -0.2) is 22.9 Å². The smallest absolute Gasteiger partial charge is 0.234 e. The summed E-state index contributed by atoms with van der Waals surface area (Å²) in [5, 5.41) is 2.78. The fraction of sp³-hybridized carbons (Fsp3) is 0.333. The summed E-state index contributed by atoms with van der Waals surface area (Å²) in [5.74, 6) is 0.450. The third kappa shape index (κ3) is 3.31. The van der Waals surface area contributed by atoms with Crippen LogP contribution in [0, 0.1) is 6.92 Å². The molecular formula is C9H11BrN2OS. The Morgan fingerprint density at radius 2 is 2.43 bits per heavy atom. The Hall–Kier alpha value is -0.550. The molecule has 1 aromatic heterocycles. The van der Waals surface area contributed by atoms with Crippen molar-refractivity contribution < 1.29 is 4.79 Å². The van der Waals surface area contributed by atoms with E-state index in [4.69, 9.17) is 0 Å². The van der Waals surface area contributed by atoms with E-state index in [1.165, 1.54) is 11.8 Å². The van der Waals surface area contributed by atoms with Gasteiger partial charge in [0.05, 0.1) is 11.4 Å². The fourth-order valence-corrected chi connectivity index (χ4v) is 1.61. The summed E-state index contributed by atoms with van der Waals surface area (Å²) < 4.78 is 0.664. The van der Waals surface area contributed by atoms with E-state index in [1.807, 2.05) is 19.2 Å². The fourth-order valence-electron chi connectivity index (χ4n) is 0.958. The molecule has 76 valence electrons. The number of nitrogens with one attached hydrogen (secondary N) is 1. The van der Waals surface area contributed by atoms with E-state index in [0.717, 1.165) is 11.3 Å². The largest absolute Gasteiger partial charge is 0.323 e. The van der Waals surface area contributed by atoms with Crippen LogP contribution in [0.15, 0.2) is 16.9 Å². The molecule has 1 N–H and O–H groups in total. The third-order valence-corrected chi connectivity index (χ3v) is 2.71. The lowest BCUT2D eigenvalue weighted by Gasteiger charge is -2.06. The Balaban J connectivity index is 2.75. The summed E-state index contributed by atoms with van der Waals surface area (Å²) in [7, 11) is 0. The first-order valence-corrected chi connectivity index (χ1v) is 6.23. The van der Waals surface area contributed by atoms with Crippen molar-refractivity contribution in [3.05, 3.63) is 22.4 Å². The normalized spacial score (nSPS) is 9.93. The van der Waals surface area contributed by atoms with Crippen molar-refractivity contribution in [1.29, 1.82) is 0 Å². The Kier molecular flexibility index (Phi) is 4.41. The second-order valence-corrected chi connectivity index (χ2v) is 4.45. The number of thioether (sulfide) groups is 1. The first-order chi connectivity index (χ1) is 6.63. The van der Waals surface area contributed by atoms with E-state index in [1.54, 1.807) is 6.20 Å². The molecular weight excluding hydrogens is 264 g/mol. The Morgan fingerprint density at radius 3 is 3.07 bits per heavy atom. The molecule has 1 rings (SSSR count). The van der Waals surface area contributed by atoms with Crippen molar-refractivity contribution in [1.82, 2.24) is 4.98 Å². The van der Waals surface area contributed by atoms with Gasteiger partial charge >= 0.3 is 0 Å². The highest BCUT2D eigenvalue weighted by atomic mass is 79.9. The van der Waals surface area contributed by atoms with Gasteiger partial charge in [-0.05, 0) is 40.7 Å². The van der Waals surface area contributed by atoms with Crippen LogP contribution in [0.3, 0.4) is 0 Å². The van der Waals surface area contributed by atoms with Crippen molar-refractivity contribution >= 4 is 39.3 Å². The number of rotatable bonds is 3. The topological polar surface area (TPSA) is 42.0 Å². The number of carbonyl (C=O) groups excluding carboxylic acids is 1. The molecule has 3 nitrogen and oxygen atoms in total. The van der Waals surface area contributed by atoms with Gasteiger partial charge in [0.15, 0.2) is 0 Å². The van der Waals surface area contributed by atoms with Gasteiger partial charge in [0.1, 0.15) is 4.60 Å². The molecule has 0 aliphatic heterocycles. The molecule has 1 amide bonds. The molecule has 0 saturated carbocycles. The van der Waals surface area contributed by atoms with Gasteiger partial charge in [-0.15, -0.1) is 0 Å². The molecule has 0 saturated heterocycles. The number of hydrogen-bond donors (Lipinski definition) is 1. The number of anilines is 1. The molecule has 0 aromatic carbocycles. The molecule has 14 heavy (non-hydrogen) atoms. The maximum absolute atomic E-state index is 11.3. The zero-order chi connectivity index (χ0) is 10.6. The number of aryl methyl sites for hydroxylation is 1. The quantitative estimate of drug-likeness (QED) is 0.861. The van der Waals surface area contributed by atoms with Gasteiger partial charge in [-0.25, -0.2) is 4.98 Å². The van der Waals surface area contributed by atoms with Crippen LogP contribution in [0.2, 0.25) is 0 Å². The zero-order valence-electron chi connectivity index (χ0n) is 8.00. The maximum atomic E-state index is 11.3. The van der Waals surface area contributed by atoms with Gasteiger partial charge in [0.25, 0.3) is 0 Å². The summed E-state index contributed by atoms with van der Waals surface area (Å²) >= 11 is 4.77. The number of hydrogen-bond acceptors (Lipinski definition) is 3. The summed E-state index contributed by atoms with van der Waals surface area (Å²) in [4.78, 5) is 15.4. The molecule has 0 atom stereocenters. The highest BCUT2D eigenvalue weighted by Gasteiger charge is 2.05. The minimum atomic E-state index is -0.00870. The molecule has 0 aliphatic carbocycles. The third-order valence-electron chi connectivity index (χ3n) is 1.53. The Labute approximate surface area is 95.8 Å². The van der Waals surface area contributed by atoms with Crippen LogP contribution in [0.1, 0.15) is 5.56 Å². The number of amides is 1. The number of nitrogens with zero attached hydrogens (tertiary/aromatic N) is 1. The highest BCUT2D eigenvalue weighted by molar-refractivity contribution is 9.10. The van der Waals surface area contributed by atoms with Crippen LogP contribution in [0.5, 0.6) is 0 Å². The van der Waals surface area contributed by atoms with Crippen molar-refractivity contribution in [3.8, 4) is 0 Å². The average Bonchev–Trinajstić information content (AvgIpc) is 2.12. The number of carbonyl (C=O) groups is 1. The van der Waals surface area contributed by atoms with Crippen molar-refractivity contribution in [2.75, 3.05) is 17.3 Å². The second-order valence-electron chi connectivity index (χ2n) is 2.83. The van der Waals surface area contributed by atoms with Crippen molar-refractivity contribution in [2.45, 2.75) is 6.92 Å². The molecule has 5 heteroatoms. The van der Waals surface area contributed by atoms with Crippen LogP contribution in [0.25, 0.3) is 0 Å². The molecule has 0 aliphatic rings. The molecule has 0 spiro atoms. The molecule has 0 unspecified atom stereocenters. The van der Waals surface area contributed by atoms with E-state index in [9.17, 15) is 4.79 Å². The van der Waals surface area contributed by atoms with Crippen LogP contribution < -0.4 is 5.32 Å². The standard InChI is InChI=1S/C9H11BrN2OS/c1-6-3-7(9(10)11-4-6)12-8(13)5-14-2/h3-4H,5H2,1-2H3,(H,12,13). The van der Waals surface area contributed by atoms with E-state index in [2.05, 4.69) is 26.2 Å². The van der Waals surface area contributed by atoms with Gasteiger partial charge in [0.2, 0.25) is 5.91 Å². The molecule has 1 heterocycles. The second kappa shape index (κ2) is 5.36. The van der Waals surface area contributed by atoms with Crippen LogP contribution >= 0.6 is 27.7 Å². The lowest BCUT2D eigenvalue weighted by atomic mass is 10.3. The maximum Gasteiger partial charge on any atom is 0.234 e. The van der Waals surface area contributed by atoms with Crippen molar-refractivity contribution in [3.63, 3.8) is 0 Å². The van der Waals surface area contributed by atoms with Gasteiger partial charge in [-0.1, -0.05) is 0 Å². The zero-order valence-corrected chi connectivity index (χ0v) is 10.4. The predicted octanol–water partition coefficient (Wildman–Crippen LogP) is 2.45. The van der Waals surface area contributed by atoms with E-state index in [-0.39, 0.29) is 5.91 Å². The number of pyridine rings is 1. The van der Waals surface area contributed by atoms with E-state index in [0.29, 0.717) is 10.4 Å². The van der Waals surface area contributed by atoms with Gasteiger partial charge < -0.3 is 5.32 Å².